The van der Waals surface area contributed by atoms with E-state index < -0.39 is 0 Å². The molecule has 2 amide bonds. The Hall–Kier alpha value is -2.50. The molecule has 3 rings (SSSR count). The summed E-state index contributed by atoms with van der Waals surface area (Å²) in [5.74, 6) is 0.393. The Kier molecular flexibility index (Phi) is 3.52. The van der Waals surface area contributed by atoms with Gasteiger partial charge < -0.3 is 19.5 Å². The van der Waals surface area contributed by atoms with Crippen molar-refractivity contribution in [2.45, 2.75) is 12.5 Å². The molecule has 2 heterocycles. The number of carbonyl (C=O) groups is 2. The summed E-state index contributed by atoms with van der Waals surface area (Å²) in [6, 6.07) is 5.76. The zero-order valence-corrected chi connectivity index (χ0v) is 12.9. The number of benzene rings is 1. The van der Waals surface area contributed by atoms with Crippen molar-refractivity contribution in [2.24, 2.45) is 0 Å². The van der Waals surface area contributed by atoms with Crippen LogP contribution in [0.5, 0.6) is 5.75 Å². The van der Waals surface area contributed by atoms with E-state index in [0.717, 1.165) is 34.3 Å². The Morgan fingerprint density at radius 3 is 2.86 bits per heavy atom. The molecule has 1 aliphatic heterocycles. The van der Waals surface area contributed by atoms with Gasteiger partial charge in [0.2, 0.25) is 12.3 Å². The van der Waals surface area contributed by atoms with Crippen LogP contribution in [0.25, 0.3) is 10.9 Å². The Morgan fingerprint density at radius 1 is 1.45 bits per heavy atom. The fourth-order valence-corrected chi connectivity index (χ4v) is 3.08. The molecule has 2 aromatic rings. The Bertz CT molecular complexity index is 736. The number of ether oxygens (including phenoxy) is 1. The van der Waals surface area contributed by atoms with Gasteiger partial charge in [-0.3, -0.25) is 9.59 Å². The molecule has 0 saturated carbocycles. The minimum Gasteiger partial charge on any atom is -0.497 e. The number of nitrogens with zero attached hydrogens (tertiary/aromatic N) is 2. The third-order valence-corrected chi connectivity index (χ3v) is 4.14. The number of aromatic amines is 1. The first kappa shape index (κ1) is 14.4. The van der Waals surface area contributed by atoms with E-state index in [1.54, 1.807) is 31.0 Å². The van der Waals surface area contributed by atoms with E-state index in [2.05, 4.69) is 4.98 Å². The largest absolute Gasteiger partial charge is 0.497 e. The number of fused-ring (bicyclic) bond motifs is 3. The molecule has 0 spiro atoms. The lowest BCUT2D eigenvalue weighted by molar-refractivity contribution is -0.131. The van der Waals surface area contributed by atoms with E-state index in [1.807, 2.05) is 18.2 Å². The van der Waals surface area contributed by atoms with Gasteiger partial charge in [0.05, 0.1) is 19.6 Å². The fraction of sp³-hybridized carbons (Fsp3) is 0.375. The van der Waals surface area contributed by atoms with Gasteiger partial charge in [0.1, 0.15) is 5.75 Å². The molecule has 6 nitrogen and oxygen atoms in total. The molecule has 1 aliphatic rings. The van der Waals surface area contributed by atoms with Gasteiger partial charge in [0.25, 0.3) is 0 Å². The lowest BCUT2D eigenvalue weighted by Crippen LogP contribution is -2.40. The van der Waals surface area contributed by atoms with E-state index in [9.17, 15) is 9.59 Å². The van der Waals surface area contributed by atoms with E-state index in [-0.39, 0.29) is 11.8 Å². The number of amides is 2. The molecule has 0 radical (unpaired) electrons. The second-order valence-corrected chi connectivity index (χ2v) is 5.75. The van der Waals surface area contributed by atoms with Gasteiger partial charge in [-0.05, 0) is 23.8 Å². The van der Waals surface area contributed by atoms with Crippen LogP contribution in [0.4, 0.5) is 0 Å². The average Bonchev–Trinajstić information content (AvgIpc) is 2.90. The Labute approximate surface area is 128 Å². The highest BCUT2D eigenvalue weighted by Gasteiger charge is 2.34. The third kappa shape index (κ3) is 2.20. The number of hydrogen-bond acceptors (Lipinski definition) is 3. The lowest BCUT2D eigenvalue weighted by Gasteiger charge is -2.31. The van der Waals surface area contributed by atoms with Gasteiger partial charge in [-0.25, -0.2) is 0 Å². The topological polar surface area (TPSA) is 65.6 Å². The van der Waals surface area contributed by atoms with Crippen LogP contribution in [0, 0.1) is 0 Å². The quantitative estimate of drug-likeness (QED) is 0.870. The van der Waals surface area contributed by atoms with E-state index in [1.165, 1.54) is 0 Å². The molecule has 1 aromatic heterocycles. The first-order valence-corrected chi connectivity index (χ1v) is 7.14. The minimum absolute atomic E-state index is 0.00322. The third-order valence-electron chi connectivity index (χ3n) is 4.14. The first-order valence-electron chi connectivity index (χ1n) is 7.14. The summed E-state index contributed by atoms with van der Waals surface area (Å²) in [6.07, 6.45) is 0.797. The zero-order chi connectivity index (χ0) is 15.9. The molecule has 6 heteroatoms. The molecule has 0 saturated heterocycles. The molecule has 1 unspecified atom stereocenters. The Morgan fingerprint density at radius 2 is 2.23 bits per heavy atom. The fourth-order valence-electron chi connectivity index (χ4n) is 3.08. The van der Waals surface area contributed by atoms with Crippen LogP contribution >= 0.6 is 0 Å². The second kappa shape index (κ2) is 5.36. The van der Waals surface area contributed by atoms with Gasteiger partial charge in [-0.2, -0.15) is 0 Å². The highest BCUT2D eigenvalue weighted by atomic mass is 16.5. The summed E-state index contributed by atoms with van der Waals surface area (Å²) in [4.78, 5) is 30.3. The molecule has 116 valence electrons. The highest BCUT2D eigenvalue weighted by molar-refractivity contribution is 5.94. The van der Waals surface area contributed by atoms with Crippen LogP contribution in [0.1, 0.15) is 17.2 Å². The first-order chi connectivity index (χ1) is 10.5. The molecular formula is C16H19N3O3. The van der Waals surface area contributed by atoms with Crippen molar-refractivity contribution in [2.75, 3.05) is 27.7 Å². The maximum Gasteiger partial charge on any atom is 0.231 e. The van der Waals surface area contributed by atoms with Gasteiger partial charge in [0, 0.05) is 37.2 Å². The van der Waals surface area contributed by atoms with Crippen molar-refractivity contribution in [1.82, 2.24) is 14.8 Å². The summed E-state index contributed by atoms with van der Waals surface area (Å²) in [5.41, 5.74) is 2.85. The summed E-state index contributed by atoms with van der Waals surface area (Å²) in [7, 11) is 5.09. The predicted octanol–water partition coefficient (Wildman–Crippen LogP) is 1.32. The summed E-state index contributed by atoms with van der Waals surface area (Å²) in [5, 5.41) is 0.986. The van der Waals surface area contributed by atoms with Gasteiger partial charge in [-0.1, -0.05) is 0 Å². The SMILES string of the molecule is COc1ccc2[nH]c3c(c2c1)C(C(=O)N(C)C)CN(C=O)C3. The number of rotatable bonds is 3. The number of aromatic nitrogens is 1. The maximum atomic E-state index is 12.6. The van der Waals surface area contributed by atoms with E-state index in [4.69, 9.17) is 4.74 Å². The van der Waals surface area contributed by atoms with Gasteiger partial charge >= 0.3 is 0 Å². The van der Waals surface area contributed by atoms with Gasteiger partial charge in [-0.15, -0.1) is 0 Å². The monoisotopic (exact) mass is 301 g/mol. The van der Waals surface area contributed by atoms with Crippen molar-refractivity contribution >= 4 is 23.2 Å². The predicted molar refractivity (Wildman–Crippen MR) is 82.8 cm³/mol. The molecule has 22 heavy (non-hydrogen) atoms. The Balaban J connectivity index is 2.19. The number of hydrogen-bond donors (Lipinski definition) is 1. The van der Waals surface area contributed by atoms with Crippen molar-refractivity contribution in [3.63, 3.8) is 0 Å². The van der Waals surface area contributed by atoms with Crippen molar-refractivity contribution in [3.8, 4) is 5.75 Å². The number of H-pyrrole nitrogens is 1. The summed E-state index contributed by atoms with van der Waals surface area (Å²) in [6.45, 7) is 0.894. The van der Waals surface area contributed by atoms with Crippen LogP contribution in [-0.2, 0) is 16.1 Å². The molecule has 1 aromatic carbocycles. The van der Waals surface area contributed by atoms with Crippen LogP contribution in [-0.4, -0.2) is 54.9 Å². The number of nitrogens with one attached hydrogen (secondary N) is 1. The highest BCUT2D eigenvalue weighted by Crippen LogP contribution is 2.36. The molecule has 0 bridgehead atoms. The van der Waals surface area contributed by atoms with Crippen LogP contribution < -0.4 is 4.74 Å². The van der Waals surface area contributed by atoms with Crippen LogP contribution in [0.2, 0.25) is 0 Å². The molecule has 0 aliphatic carbocycles. The molecule has 0 fully saturated rings. The van der Waals surface area contributed by atoms with Crippen molar-refractivity contribution in [3.05, 3.63) is 29.5 Å². The van der Waals surface area contributed by atoms with E-state index in [0.29, 0.717) is 13.1 Å². The van der Waals surface area contributed by atoms with Crippen molar-refractivity contribution in [1.29, 1.82) is 0 Å². The number of likely N-dealkylation sites (N-methyl/N-ethyl adjacent to an activating group) is 1. The molecular weight excluding hydrogens is 282 g/mol. The van der Waals surface area contributed by atoms with Crippen LogP contribution in [0.3, 0.4) is 0 Å². The van der Waals surface area contributed by atoms with E-state index >= 15 is 0 Å². The summed E-state index contributed by atoms with van der Waals surface area (Å²) >= 11 is 0. The van der Waals surface area contributed by atoms with Crippen molar-refractivity contribution < 1.29 is 14.3 Å². The number of carbonyl (C=O) groups excluding carboxylic acids is 2. The second-order valence-electron chi connectivity index (χ2n) is 5.75. The van der Waals surface area contributed by atoms with Gasteiger partial charge in [0.15, 0.2) is 0 Å². The standard InChI is InChI=1S/C16H19N3O3/c1-18(2)16(21)12-7-19(9-20)8-14-15(12)11-6-10(22-3)4-5-13(11)17-14/h4-6,9,12,17H,7-8H2,1-3H3. The maximum absolute atomic E-state index is 12.6. The molecule has 1 N–H and O–H groups in total. The minimum atomic E-state index is -0.357. The lowest BCUT2D eigenvalue weighted by atomic mass is 9.91. The number of methoxy groups -OCH3 is 1. The van der Waals surface area contributed by atoms with Crippen LogP contribution in [0.15, 0.2) is 18.2 Å². The average molecular weight is 301 g/mol. The molecule has 1 atom stereocenters. The smallest absolute Gasteiger partial charge is 0.231 e. The summed E-state index contributed by atoms with van der Waals surface area (Å²) < 4.78 is 5.29. The zero-order valence-electron chi connectivity index (χ0n) is 12.9. The normalized spacial score (nSPS) is 17.2.